The van der Waals surface area contributed by atoms with E-state index in [0.29, 0.717) is 39.2 Å². The Bertz CT molecular complexity index is 684. The molecule has 1 aromatic carbocycles. The van der Waals surface area contributed by atoms with Gasteiger partial charge >= 0.3 is 0 Å². The van der Waals surface area contributed by atoms with E-state index in [1.165, 1.54) is 11.4 Å². The Kier molecular flexibility index (Phi) is 4.56. The lowest BCUT2D eigenvalue weighted by molar-refractivity contribution is -0.138. The lowest BCUT2D eigenvalue weighted by atomic mass is 9.95. The van der Waals surface area contributed by atoms with Crippen molar-refractivity contribution in [3.8, 4) is 5.75 Å². The van der Waals surface area contributed by atoms with Crippen molar-refractivity contribution >= 4 is 16.1 Å². The zero-order chi connectivity index (χ0) is 16.4. The number of benzene rings is 1. The van der Waals surface area contributed by atoms with Gasteiger partial charge in [-0.1, -0.05) is 18.2 Å². The number of piperazine rings is 1. The van der Waals surface area contributed by atoms with Gasteiger partial charge in [0.1, 0.15) is 12.4 Å². The molecule has 1 aromatic rings. The molecule has 1 amide bonds. The second kappa shape index (κ2) is 6.46. The number of fused-ring (bicyclic) bond motifs is 1. The van der Waals surface area contributed by atoms with E-state index in [1.807, 2.05) is 24.3 Å². The molecule has 0 unspecified atom stereocenters. The van der Waals surface area contributed by atoms with Gasteiger partial charge < -0.3 is 9.64 Å². The van der Waals surface area contributed by atoms with Crippen molar-refractivity contribution < 1.29 is 17.9 Å². The van der Waals surface area contributed by atoms with E-state index < -0.39 is 10.2 Å². The smallest absolute Gasteiger partial charge is 0.279 e. The Balaban J connectivity index is 1.61. The molecule has 2 aliphatic heterocycles. The van der Waals surface area contributed by atoms with Crippen molar-refractivity contribution in [1.82, 2.24) is 13.9 Å². The van der Waals surface area contributed by atoms with Gasteiger partial charge in [-0.15, -0.1) is 0 Å². The molecule has 0 radical (unpaired) electrons. The van der Waals surface area contributed by atoms with Crippen molar-refractivity contribution in [2.45, 2.75) is 6.42 Å². The molecular formula is C15H21N3O4S. The molecule has 3 rings (SSSR count). The molecule has 1 saturated heterocycles. The predicted molar refractivity (Wildman–Crippen MR) is 85.3 cm³/mol. The lowest BCUT2D eigenvalue weighted by Gasteiger charge is -2.36. The van der Waals surface area contributed by atoms with E-state index in [1.54, 1.807) is 4.90 Å². The van der Waals surface area contributed by atoms with E-state index in [4.69, 9.17) is 4.74 Å². The van der Waals surface area contributed by atoms with Crippen LogP contribution >= 0.6 is 0 Å². The second-order valence-corrected chi connectivity index (χ2v) is 7.63. The molecule has 0 spiro atoms. The zero-order valence-electron chi connectivity index (χ0n) is 13.1. The van der Waals surface area contributed by atoms with Crippen LogP contribution in [0.4, 0.5) is 0 Å². The summed E-state index contributed by atoms with van der Waals surface area (Å²) in [7, 11) is -2.02. The number of nitrogens with zero attached hydrogens (tertiary/aromatic N) is 2. The molecule has 2 heterocycles. The molecule has 0 aliphatic carbocycles. The van der Waals surface area contributed by atoms with Gasteiger partial charge in [-0.05, 0) is 18.1 Å². The maximum Gasteiger partial charge on any atom is 0.279 e. The Morgan fingerprint density at radius 3 is 2.61 bits per heavy atom. The fraction of sp³-hybridized carbons (Fsp3) is 0.533. The Labute approximate surface area is 136 Å². The molecular weight excluding hydrogens is 318 g/mol. The fourth-order valence-corrected chi connectivity index (χ4v) is 3.92. The summed E-state index contributed by atoms with van der Waals surface area (Å²) in [5, 5.41) is 0. The van der Waals surface area contributed by atoms with E-state index >= 15 is 0 Å². The maximum atomic E-state index is 12.7. The number of carbonyl (C=O) groups excluding carboxylic acids is 1. The van der Waals surface area contributed by atoms with Gasteiger partial charge in [0.05, 0.1) is 5.92 Å². The normalized spacial score (nSPS) is 22.3. The standard InChI is InChI=1S/C15H21N3O4S/c1-16-23(20,21)18-8-6-17(7-9-18)15(19)13-10-12-4-2-3-5-14(12)22-11-13/h2-5,13,16H,6-11H2,1H3/t13-/m1/s1. The molecule has 0 saturated carbocycles. The third kappa shape index (κ3) is 3.34. The van der Waals surface area contributed by atoms with Crippen LogP contribution in [-0.2, 0) is 21.4 Å². The van der Waals surface area contributed by atoms with Gasteiger partial charge in [-0.2, -0.15) is 12.7 Å². The largest absolute Gasteiger partial charge is 0.492 e. The number of hydrogen-bond acceptors (Lipinski definition) is 4. The first-order valence-corrected chi connectivity index (χ1v) is 9.13. The van der Waals surface area contributed by atoms with Crippen molar-refractivity contribution in [2.24, 2.45) is 5.92 Å². The number of rotatable bonds is 3. The first-order chi connectivity index (χ1) is 11.0. The van der Waals surface area contributed by atoms with Crippen molar-refractivity contribution in [3.05, 3.63) is 29.8 Å². The van der Waals surface area contributed by atoms with Crippen LogP contribution in [0.3, 0.4) is 0 Å². The minimum Gasteiger partial charge on any atom is -0.492 e. The zero-order valence-corrected chi connectivity index (χ0v) is 13.9. The highest BCUT2D eigenvalue weighted by Crippen LogP contribution is 2.28. The number of carbonyl (C=O) groups is 1. The summed E-state index contributed by atoms with van der Waals surface area (Å²) in [5.74, 6) is 0.694. The molecule has 1 fully saturated rings. The lowest BCUT2D eigenvalue weighted by Crippen LogP contribution is -2.54. The number of nitrogens with one attached hydrogen (secondary N) is 1. The van der Waals surface area contributed by atoms with Crippen molar-refractivity contribution in [2.75, 3.05) is 39.8 Å². The summed E-state index contributed by atoms with van der Waals surface area (Å²) in [6.07, 6.45) is 0.671. The highest BCUT2D eigenvalue weighted by molar-refractivity contribution is 7.87. The molecule has 0 aromatic heterocycles. The summed E-state index contributed by atoms with van der Waals surface area (Å²) in [6.45, 7) is 1.85. The molecule has 1 N–H and O–H groups in total. The SMILES string of the molecule is CNS(=O)(=O)N1CCN(C(=O)[C@H]2COc3ccccc3C2)CC1. The van der Waals surface area contributed by atoms with Crippen LogP contribution in [0.5, 0.6) is 5.75 Å². The number of ether oxygens (including phenoxy) is 1. The molecule has 23 heavy (non-hydrogen) atoms. The van der Waals surface area contributed by atoms with Gasteiger partial charge in [0.15, 0.2) is 0 Å². The van der Waals surface area contributed by atoms with Crippen molar-refractivity contribution in [3.63, 3.8) is 0 Å². The minimum atomic E-state index is -3.41. The van der Waals surface area contributed by atoms with E-state index in [9.17, 15) is 13.2 Å². The molecule has 2 aliphatic rings. The Morgan fingerprint density at radius 2 is 1.91 bits per heavy atom. The van der Waals surface area contributed by atoms with E-state index in [2.05, 4.69) is 4.72 Å². The highest BCUT2D eigenvalue weighted by atomic mass is 32.2. The van der Waals surface area contributed by atoms with Crippen LogP contribution in [0.15, 0.2) is 24.3 Å². The maximum absolute atomic E-state index is 12.7. The highest BCUT2D eigenvalue weighted by Gasteiger charge is 2.33. The topological polar surface area (TPSA) is 79.0 Å². The first-order valence-electron chi connectivity index (χ1n) is 7.69. The summed E-state index contributed by atoms with van der Waals surface area (Å²) in [4.78, 5) is 14.4. The molecule has 1 atom stereocenters. The van der Waals surface area contributed by atoms with Crippen LogP contribution < -0.4 is 9.46 Å². The summed E-state index contributed by atoms with van der Waals surface area (Å²) >= 11 is 0. The second-order valence-electron chi connectivity index (χ2n) is 5.75. The van der Waals surface area contributed by atoms with Crippen LogP contribution in [0.25, 0.3) is 0 Å². The fourth-order valence-electron chi connectivity index (χ4n) is 3.02. The number of hydrogen-bond donors (Lipinski definition) is 1. The van der Waals surface area contributed by atoms with Crippen LogP contribution in [0.2, 0.25) is 0 Å². The Morgan fingerprint density at radius 1 is 1.22 bits per heavy atom. The third-order valence-corrected chi connectivity index (χ3v) is 5.94. The number of amides is 1. The van der Waals surface area contributed by atoms with Gasteiger partial charge in [-0.3, -0.25) is 4.79 Å². The summed E-state index contributed by atoms with van der Waals surface area (Å²) < 4.78 is 32.9. The Hall–Kier alpha value is -1.64. The van der Waals surface area contributed by atoms with Crippen molar-refractivity contribution in [1.29, 1.82) is 0 Å². The van der Waals surface area contributed by atoms with Crippen LogP contribution in [0, 0.1) is 5.92 Å². The predicted octanol–water partition coefficient (Wildman–Crippen LogP) is -0.154. The molecule has 8 heteroatoms. The molecule has 0 bridgehead atoms. The van der Waals surface area contributed by atoms with Crippen LogP contribution in [-0.4, -0.2) is 63.4 Å². The monoisotopic (exact) mass is 339 g/mol. The number of para-hydroxylation sites is 1. The average Bonchev–Trinajstić information content (AvgIpc) is 2.60. The van der Waals surface area contributed by atoms with Crippen LogP contribution in [0.1, 0.15) is 5.56 Å². The van der Waals surface area contributed by atoms with E-state index in [-0.39, 0.29) is 11.8 Å². The first kappa shape index (κ1) is 16.2. The quantitative estimate of drug-likeness (QED) is 0.830. The van der Waals surface area contributed by atoms with Gasteiger partial charge in [0.2, 0.25) is 5.91 Å². The van der Waals surface area contributed by atoms with E-state index in [0.717, 1.165) is 11.3 Å². The van der Waals surface area contributed by atoms with Gasteiger partial charge in [0.25, 0.3) is 10.2 Å². The third-order valence-electron chi connectivity index (χ3n) is 4.38. The van der Waals surface area contributed by atoms with Gasteiger partial charge in [0, 0.05) is 33.2 Å². The minimum absolute atomic E-state index is 0.0426. The molecule has 7 nitrogen and oxygen atoms in total. The summed E-state index contributed by atoms with van der Waals surface area (Å²) in [6, 6.07) is 7.75. The van der Waals surface area contributed by atoms with Gasteiger partial charge in [-0.25, -0.2) is 4.72 Å². The summed E-state index contributed by atoms with van der Waals surface area (Å²) in [5.41, 5.74) is 1.05. The molecule has 126 valence electrons. The average molecular weight is 339 g/mol.